The fourth-order valence-corrected chi connectivity index (χ4v) is 0.709. The lowest BCUT2D eigenvalue weighted by atomic mass is 10.3. The van der Waals surface area contributed by atoms with Gasteiger partial charge in [0.1, 0.15) is 0 Å². The summed E-state index contributed by atoms with van der Waals surface area (Å²) < 4.78 is 0. The van der Waals surface area contributed by atoms with E-state index in [4.69, 9.17) is 10.9 Å². The average Bonchev–Trinajstić information content (AvgIpc) is 2.21. The lowest BCUT2D eigenvalue weighted by Gasteiger charge is -1.96. The molecule has 0 aliphatic carbocycles. The highest BCUT2D eigenvalue weighted by atomic mass is 16.6. The fraction of sp³-hybridized carbons (Fsp3) is 0.143. The maximum Gasteiger partial charge on any atom is 0.271 e. The zero-order chi connectivity index (χ0) is 10.3. The van der Waals surface area contributed by atoms with E-state index in [9.17, 15) is 10.1 Å². The zero-order valence-corrected chi connectivity index (χ0v) is 7.10. The Morgan fingerprint density at radius 3 is 2.62 bits per heavy atom. The van der Waals surface area contributed by atoms with Gasteiger partial charge in [0.25, 0.3) is 5.69 Å². The minimum atomic E-state index is -0.471. The molecule has 6 nitrogen and oxygen atoms in total. The molecule has 0 heterocycles. The number of aliphatic hydroxyl groups is 1. The zero-order valence-electron chi connectivity index (χ0n) is 7.10. The number of nitrogens with one attached hydrogen (secondary N) is 1. The van der Waals surface area contributed by atoms with E-state index in [1.54, 1.807) is 12.1 Å². The molecule has 0 fully saturated rings. The third-order valence-corrected chi connectivity index (χ3v) is 1.22. The number of rotatable bonds is 2. The Kier molecular flexibility index (Phi) is 5.17. The first-order valence-electron chi connectivity index (χ1n) is 3.40. The van der Waals surface area contributed by atoms with Crippen molar-refractivity contribution >= 4 is 11.4 Å². The molecule has 0 aromatic heterocycles. The molecule has 0 radical (unpaired) electrons. The van der Waals surface area contributed by atoms with Crippen LogP contribution in [0.2, 0.25) is 0 Å². The molecule has 6 heteroatoms. The third kappa shape index (κ3) is 3.50. The molecule has 0 amide bonds. The molecule has 0 saturated heterocycles. The molecular weight excluding hydrogens is 174 g/mol. The molecule has 0 atom stereocenters. The number of hydrogen-bond acceptors (Lipinski definition) is 5. The molecule has 1 rings (SSSR count). The van der Waals surface area contributed by atoms with Crippen LogP contribution in [0.5, 0.6) is 0 Å². The second-order valence-corrected chi connectivity index (χ2v) is 1.95. The van der Waals surface area contributed by atoms with Gasteiger partial charge >= 0.3 is 0 Å². The minimum absolute atomic E-state index is 0.0282. The molecule has 0 spiro atoms. The van der Waals surface area contributed by atoms with Crippen molar-refractivity contribution in [3.05, 3.63) is 34.4 Å². The van der Waals surface area contributed by atoms with E-state index >= 15 is 0 Å². The summed E-state index contributed by atoms with van der Waals surface area (Å²) in [6, 6.07) is 5.97. The first-order chi connectivity index (χ1) is 6.24. The minimum Gasteiger partial charge on any atom is -0.400 e. The molecule has 1 aromatic rings. The standard InChI is InChI=1S/C6H7N3O2.CH4O/c7-8-5-2-1-3-6(4-5)9(10)11;1-2/h1-4,8H,7H2;2H,1H3. The summed E-state index contributed by atoms with van der Waals surface area (Å²) in [5.74, 6) is 5.05. The van der Waals surface area contributed by atoms with Crippen molar-refractivity contribution in [3.8, 4) is 0 Å². The van der Waals surface area contributed by atoms with Crippen LogP contribution in [0.3, 0.4) is 0 Å². The molecule has 13 heavy (non-hydrogen) atoms. The van der Waals surface area contributed by atoms with Crippen LogP contribution in [0.25, 0.3) is 0 Å². The van der Waals surface area contributed by atoms with Crippen molar-refractivity contribution in [2.75, 3.05) is 12.5 Å². The van der Waals surface area contributed by atoms with Gasteiger partial charge in [0.15, 0.2) is 0 Å². The lowest BCUT2D eigenvalue weighted by Crippen LogP contribution is -2.06. The molecule has 0 saturated carbocycles. The summed E-state index contributed by atoms with van der Waals surface area (Å²) in [5, 5.41) is 17.2. The van der Waals surface area contributed by atoms with Gasteiger partial charge in [-0.25, -0.2) is 0 Å². The number of nitrogen functional groups attached to an aromatic ring is 1. The van der Waals surface area contributed by atoms with Gasteiger partial charge < -0.3 is 10.5 Å². The smallest absolute Gasteiger partial charge is 0.271 e. The van der Waals surface area contributed by atoms with Gasteiger partial charge in [-0.15, -0.1) is 0 Å². The lowest BCUT2D eigenvalue weighted by molar-refractivity contribution is -0.384. The first-order valence-corrected chi connectivity index (χ1v) is 3.40. The Hall–Kier alpha value is -1.66. The summed E-state index contributed by atoms with van der Waals surface area (Å²) in [4.78, 5) is 9.73. The first kappa shape index (κ1) is 11.3. The second kappa shape index (κ2) is 5.92. The van der Waals surface area contributed by atoms with E-state index in [-0.39, 0.29) is 5.69 Å². The maximum atomic E-state index is 10.2. The van der Waals surface area contributed by atoms with E-state index in [0.29, 0.717) is 5.69 Å². The van der Waals surface area contributed by atoms with Crippen LogP contribution >= 0.6 is 0 Å². The van der Waals surface area contributed by atoms with Gasteiger partial charge in [0, 0.05) is 19.2 Å². The van der Waals surface area contributed by atoms with Crippen LogP contribution in [0.4, 0.5) is 11.4 Å². The monoisotopic (exact) mass is 185 g/mol. The molecule has 0 bridgehead atoms. The van der Waals surface area contributed by atoms with Crippen LogP contribution in [-0.2, 0) is 0 Å². The van der Waals surface area contributed by atoms with E-state index in [1.165, 1.54) is 12.1 Å². The van der Waals surface area contributed by atoms with Gasteiger partial charge in [-0.2, -0.15) is 0 Å². The summed E-state index contributed by atoms with van der Waals surface area (Å²) in [5.41, 5.74) is 2.87. The Balaban J connectivity index is 0.000000671. The number of nitrogens with zero attached hydrogens (tertiary/aromatic N) is 1. The predicted octanol–water partition coefficient (Wildman–Crippen LogP) is 0.489. The number of benzene rings is 1. The Bertz CT molecular complexity index is 277. The van der Waals surface area contributed by atoms with E-state index in [2.05, 4.69) is 5.43 Å². The fourth-order valence-electron chi connectivity index (χ4n) is 0.709. The Labute approximate surface area is 75.1 Å². The quantitative estimate of drug-likeness (QED) is 0.353. The van der Waals surface area contributed by atoms with Crippen molar-refractivity contribution in [1.29, 1.82) is 0 Å². The molecule has 0 aliphatic heterocycles. The van der Waals surface area contributed by atoms with Crippen LogP contribution in [0.1, 0.15) is 0 Å². The van der Waals surface area contributed by atoms with Gasteiger partial charge in [-0.3, -0.25) is 16.0 Å². The Morgan fingerprint density at radius 1 is 1.54 bits per heavy atom. The van der Waals surface area contributed by atoms with Crippen molar-refractivity contribution in [1.82, 2.24) is 0 Å². The van der Waals surface area contributed by atoms with E-state index < -0.39 is 4.92 Å². The highest BCUT2D eigenvalue weighted by Gasteiger charge is 2.03. The molecule has 0 unspecified atom stereocenters. The van der Waals surface area contributed by atoms with E-state index in [0.717, 1.165) is 7.11 Å². The molecule has 0 aliphatic rings. The number of hydrogen-bond donors (Lipinski definition) is 3. The summed E-state index contributed by atoms with van der Waals surface area (Å²) >= 11 is 0. The average molecular weight is 185 g/mol. The summed E-state index contributed by atoms with van der Waals surface area (Å²) in [6.07, 6.45) is 0. The van der Waals surface area contributed by atoms with Crippen molar-refractivity contribution in [2.45, 2.75) is 0 Å². The van der Waals surface area contributed by atoms with Crippen molar-refractivity contribution < 1.29 is 10.0 Å². The number of hydrazine groups is 1. The van der Waals surface area contributed by atoms with Gasteiger partial charge in [0.05, 0.1) is 10.6 Å². The molecule has 72 valence electrons. The topological polar surface area (TPSA) is 101 Å². The normalized spacial score (nSPS) is 8.23. The number of nitrogens with two attached hydrogens (primary N) is 1. The van der Waals surface area contributed by atoms with Crippen LogP contribution in [0, 0.1) is 10.1 Å². The van der Waals surface area contributed by atoms with Gasteiger partial charge in [-0.05, 0) is 6.07 Å². The third-order valence-electron chi connectivity index (χ3n) is 1.22. The predicted molar refractivity (Wildman–Crippen MR) is 49.0 cm³/mol. The SMILES string of the molecule is CO.NNc1cccc([N+](=O)[O-])c1. The number of anilines is 1. The maximum absolute atomic E-state index is 10.2. The van der Waals surface area contributed by atoms with E-state index in [1.807, 2.05) is 0 Å². The van der Waals surface area contributed by atoms with Crippen LogP contribution in [-0.4, -0.2) is 17.1 Å². The number of nitro groups is 1. The van der Waals surface area contributed by atoms with Crippen LogP contribution in [0.15, 0.2) is 24.3 Å². The van der Waals surface area contributed by atoms with Crippen LogP contribution < -0.4 is 11.3 Å². The summed E-state index contributed by atoms with van der Waals surface area (Å²) in [7, 11) is 1.00. The molecule has 1 aromatic carbocycles. The summed E-state index contributed by atoms with van der Waals surface area (Å²) in [6.45, 7) is 0. The Morgan fingerprint density at radius 2 is 2.15 bits per heavy atom. The largest absolute Gasteiger partial charge is 0.400 e. The highest BCUT2D eigenvalue weighted by molar-refractivity contribution is 5.49. The van der Waals surface area contributed by atoms with Gasteiger partial charge in [0.2, 0.25) is 0 Å². The van der Waals surface area contributed by atoms with Gasteiger partial charge in [-0.1, -0.05) is 6.07 Å². The number of aliphatic hydroxyl groups excluding tert-OH is 1. The second-order valence-electron chi connectivity index (χ2n) is 1.95. The number of non-ortho nitro benzene ring substituents is 1. The molecular formula is C7H11N3O3. The molecule has 4 N–H and O–H groups in total. The number of nitro benzene ring substituents is 1. The van der Waals surface area contributed by atoms with Crippen molar-refractivity contribution in [2.24, 2.45) is 5.84 Å². The van der Waals surface area contributed by atoms with Crippen molar-refractivity contribution in [3.63, 3.8) is 0 Å². The highest BCUT2D eigenvalue weighted by Crippen LogP contribution is 2.15.